The van der Waals surface area contributed by atoms with Gasteiger partial charge in [0.25, 0.3) is 0 Å². The summed E-state index contributed by atoms with van der Waals surface area (Å²) >= 11 is 3.45. The predicted octanol–water partition coefficient (Wildman–Crippen LogP) is 4.30. The number of nitrogens with one attached hydrogen (secondary N) is 1. The second kappa shape index (κ2) is 5.99. The lowest BCUT2D eigenvalue weighted by Gasteiger charge is -2.14. The molecular weight excluding hydrogens is 274 g/mol. The minimum atomic E-state index is 0.364. The minimum Gasteiger partial charge on any atom is -0.306 e. The molecule has 17 heavy (non-hydrogen) atoms. The van der Waals surface area contributed by atoms with E-state index in [1.54, 1.807) is 0 Å². The van der Waals surface area contributed by atoms with Crippen molar-refractivity contribution >= 4 is 15.9 Å². The van der Waals surface area contributed by atoms with Crippen molar-refractivity contribution in [3.8, 4) is 0 Å². The second-order valence-electron chi connectivity index (χ2n) is 4.14. The fourth-order valence-corrected chi connectivity index (χ4v) is 2.00. The molecule has 0 saturated carbocycles. The zero-order valence-electron chi connectivity index (χ0n) is 9.86. The van der Waals surface area contributed by atoms with Gasteiger partial charge >= 0.3 is 0 Å². The Morgan fingerprint density at radius 3 is 2.29 bits per heavy atom. The average molecular weight is 290 g/mol. The summed E-state index contributed by atoms with van der Waals surface area (Å²) in [5, 5.41) is 3.52. The van der Waals surface area contributed by atoms with Crippen molar-refractivity contribution in [2.24, 2.45) is 0 Å². The van der Waals surface area contributed by atoms with Gasteiger partial charge in [-0.1, -0.05) is 58.4 Å². The predicted molar refractivity (Wildman–Crippen MR) is 75.8 cm³/mol. The zero-order chi connectivity index (χ0) is 12.1. The Morgan fingerprint density at radius 1 is 1.00 bits per heavy atom. The van der Waals surface area contributed by atoms with Gasteiger partial charge in [-0.25, -0.2) is 0 Å². The molecule has 88 valence electrons. The van der Waals surface area contributed by atoms with Gasteiger partial charge in [0.05, 0.1) is 0 Å². The minimum absolute atomic E-state index is 0.364. The van der Waals surface area contributed by atoms with Crippen LogP contribution in [0.5, 0.6) is 0 Å². The highest BCUT2D eigenvalue weighted by Crippen LogP contribution is 2.16. The molecule has 0 amide bonds. The smallest absolute Gasteiger partial charge is 0.0294 e. The molecule has 0 aromatic heterocycles. The van der Waals surface area contributed by atoms with Crippen molar-refractivity contribution in [2.45, 2.75) is 19.5 Å². The van der Waals surface area contributed by atoms with Gasteiger partial charge in [0.2, 0.25) is 0 Å². The van der Waals surface area contributed by atoms with Crippen LogP contribution in [-0.2, 0) is 6.54 Å². The molecule has 1 N–H and O–H groups in total. The maximum absolute atomic E-state index is 3.52. The lowest BCUT2D eigenvalue weighted by Crippen LogP contribution is -2.17. The van der Waals surface area contributed by atoms with Gasteiger partial charge in [0.1, 0.15) is 0 Å². The fourth-order valence-electron chi connectivity index (χ4n) is 1.74. The summed E-state index contributed by atoms with van der Waals surface area (Å²) in [5.41, 5.74) is 2.63. The molecule has 0 heterocycles. The number of hydrogen-bond acceptors (Lipinski definition) is 1. The largest absolute Gasteiger partial charge is 0.306 e. The molecule has 0 aliphatic rings. The maximum Gasteiger partial charge on any atom is 0.0294 e. The van der Waals surface area contributed by atoms with Gasteiger partial charge in [-0.2, -0.15) is 0 Å². The molecular formula is C15H16BrN. The van der Waals surface area contributed by atoms with Crippen molar-refractivity contribution in [3.05, 3.63) is 70.2 Å². The first-order valence-electron chi connectivity index (χ1n) is 5.78. The first kappa shape index (κ1) is 12.3. The lowest BCUT2D eigenvalue weighted by atomic mass is 10.1. The Morgan fingerprint density at radius 2 is 1.65 bits per heavy atom. The van der Waals surface area contributed by atoms with Crippen molar-refractivity contribution in [1.29, 1.82) is 0 Å². The SMILES string of the molecule is C[C@@H](NCc1ccccc1)c1ccc(Br)cc1. The molecule has 0 aliphatic carbocycles. The quantitative estimate of drug-likeness (QED) is 0.885. The molecule has 0 spiro atoms. The third kappa shape index (κ3) is 3.69. The average Bonchev–Trinajstić information content (AvgIpc) is 2.38. The zero-order valence-corrected chi connectivity index (χ0v) is 11.4. The molecule has 1 nitrogen and oxygen atoms in total. The van der Waals surface area contributed by atoms with Crippen LogP contribution >= 0.6 is 15.9 Å². The highest BCUT2D eigenvalue weighted by atomic mass is 79.9. The number of halogens is 1. The molecule has 0 fully saturated rings. The van der Waals surface area contributed by atoms with Crippen molar-refractivity contribution in [2.75, 3.05) is 0 Å². The monoisotopic (exact) mass is 289 g/mol. The van der Waals surface area contributed by atoms with E-state index in [1.165, 1.54) is 11.1 Å². The molecule has 0 bridgehead atoms. The highest BCUT2D eigenvalue weighted by Gasteiger charge is 2.03. The molecule has 2 aromatic carbocycles. The summed E-state index contributed by atoms with van der Waals surface area (Å²) in [7, 11) is 0. The number of benzene rings is 2. The van der Waals surface area contributed by atoms with Crippen LogP contribution in [0.1, 0.15) is 24.1 Å². The van der Waals surface area contributed by atoms with E-state index in [0.29, 0.717) is 6.04 Å². The molecule has 0 saturated heterocycles. The third-order valence-electron chi connectivity index (χ3n) is 2.83. The summed E-state index contributed by atoms with van der Waals surface area (Å²) < 4.78 is 1.12. The number of rotatable bonds is 4. The Hall–Kier alpha value is -1.12. The van der Waals surface area contributed by atoms with Crippen LogP contribution in [0.25, 0.3) is 0 Å². The summed E-state index contributed by atoms with van der Waals surface area (Å²) in [6.07, 6.45) is 0. The summed E-state index contributed by atoms with van der Waals surface area (Å²) in [6, 6.07) is 19.3. The Labute approximate surface area is 111 Å². The summed E-state index contributed by atoms with van der Waals surface area (Å²) in [6.45, 7) is 3.09. The van der Waals surface area contributed by atoms with Crippen molar-refractivity contribution < 1.29 is 0 Å². The fraction of sp³-hybridized carbons (Fsp3) is 0.200. The molecule has 1 atom stereocenters. The van der Waals surface area contributed by atoms with Gasteiger partial charge in [0.15, 0.2) is 0 Å². The van der Waals surface area contributed by atoms with Gasteiger partial charge in [-0.3, -0.25) is 0 Å². The van der Waals surface area contributed by atoms with E-state index in [1.807, 2.05) is 6.07 Å². The normalized spacial score (nSPS) is 12.4. The van der Waals surface area contributed by atoms with E-state index in [2.05, 4.69) is 76.7 Å². The molecule has 0 radical (unpaired) electrons. The highest BCUT2D eigenvalue weighted by molar-refractivity contribution is 9.10. The van der Waals surface area contributed by atoms with E-state index >= 15 is 0 Å². The van der Waals surface area contributed by atoms with Crippen LogP contribution in [0, 0.1) is 0 Å². The first-order chi connectivity index (χ1) is 8.25. The number of hydrogen-bond donors (Lipinski definition) is 1. The summed E-state index contributed by atoms with van der Waals surface area (Å²) in [5.74, 6) is 0. The third-order valence-corrected chi connectivity index (χ3v) is 3.35. The Kier molecular flexibility index (Phi) is 4.35. The Balaban J connectivity index is 1.93. The maximum atomic E-state index is 3.52. The van der Waals surface area contributed by atoms with Crippen molar-refractivity contribution in [1.82, 2.24) is 5.32 Å². The van der Waals surface area contributed by atoms with Crippen LogP contribution in [0.4, 0.5) is 0 Å². The molecule has 2 heteroatoms. The van der Waals surface area contributed by atoms with Crippen LogP contribution in [0.15, 0.2) is 59.1 Å². The molecule has 0 aliphatic heterocycles. The second-order valence-corrected chi connectivity index (χ2v) is 5.06. The van der Waals surface area contributed by atoms with Crippen LogP contribution < -0.4 is 5.32 Å². The van der Waals surface area contributed by atoms with Crippen LogP contribution in [0.3, 0.4) is 0 Å². The standard InChI is InChI=1S/C15H16BrN/c1-12(14-7-9-15(16)10-8-14)17-11-13-5-3-2-4-6-13/h2-10,12,17H,11H2,1H3/t12-/m1/s1. The molecule has 0 unspecified atom stereocenters. The molecule has 2 rings (SSSR count). The topological polar surface area (TPSA) is 12.0 Å². The van der Waals surface area contributed by atoms with E-state index in [4.69, 9.17) is 0 Å². The summed E-state index contributed by atoms with van der Waals surface area (Å²) in [4.78, 5) is 0. The van der Waals surface area contributed by atoms with E-state index in [0.717, 1.165) is 11.0 Å². The van der Waals surface area contributed by atoms with Gasteiger partial charge in [-0.05, 0) is 30.2 Å². The van der Waals surface area contributed by atoms with E-state index < -0.39 is 0 Å². The van der Waals surface area contributed by atoms with Crippen LogP contribution in [0.2, 0.25) is 0 Å². The lowest BCUT2D eigenvalue weighted by molar-refractivity contribution is 0.574. The van der Waals surface area contributed by atoms with Gasteiger partial charge < -0.3 is 5.32 Å². The van der Waals surface area contributed by atoms with Gasteiger partial charge in [-0.15, -0.1) is 0 Å². The van der Waals surface area contributed by atoms with E-state index in [9.17, 15) is 0 Å². The first-order valence-corrected chi connectivity index (χ1v) is 6.58. The molecule has 2 aromatic rings. The van der Waals surface area contributed by atoms with Crippen molar-refractivity contribution in [3.63, 3.8) is 0 Å². The Bertz CT molecular complexity index is 450. The van der Waals surface area contributed by atoms with E-state index in [-0.39, 0.29) is 0 Å². The van der Waals surface area contributed by atoms with Crippen LogP contribution in [-0.4, -0.2) is 0 Å². The van der Waals surface area contributed by atoms with Gasteiger partial charge in [0, 0.05) is 17.1 Å².